The van der Waals surface area contributed by atoms with Crippen LogP contribution in [0.5, 0.6) is 5.75 Å². The van der Waals surface area contributed by atoms with Crippen molar-refractivity contribution < 1.29 is 18.7 Å². The standard InChI is InChI=1S/C23H24FN3O3/c1-23(2,3)30-22(28)26-14-16(13-24)15-29-19-5-7-21-18(12-19)4-6-20(27-21)17-8-10-25-11-9-17/h4-13H,14-15H2,1-3H3,(H,26,28)/b16-13-. The summed E-state index contributed by atoms with van der Waals surface area (Å²) in [6, 6.07) is 13.2. The molecule has 0 aliphatic rings. The summed E-state index contributed by atoms with van der Waals surface area (Å²) in [5.41, 5.74) is 2.34. The number of benzene rings is 1. The van der Waals surface area contributed by atoms with Gasteiger partial charge in [0.1, 0.15) is 18.0 Å². The number of alkyl carbamates (subject to hydrolysis) is 1. The van der Waals surface area contributed by atoms with E-state index in [1.165, 1.54) is 0 Å². The first-order valence-electron chi connectivity index (χ1n) is 9.53. The summed E-state index contributed by atoms with van der Waals surface area (Å²) in [6.07, 6.45) is 3.28. The Balaban J connectivity index is 1.61. The highest BCUT2D eigenvalue weighted by Crippen LogP contribution is 2.24. The largest absolute Gasteiger partial charge is 0.489 e. The lowest BCUT2D eigenvalue weighted by molar-refractivity contribution is 0.0531. The van der Waals surface area contributed by atoms with Crippen molar-refractivity contribution >= 4 is 17.0 Å². The summed E-state index contributed by atoms with van der Waals surface area (Å²) in [5, 5.41) is 3.42. The molecule has 0 radical (unpaired) electrons. The Morgan fingerprint density at radius 2 is 1.90 bits per heavy atom. The number of nitrogens with one attached hydrogen (secondary N) is 1. The van der Waals surface area contributed by atoms with E-state index >= 15 is 0 Å². The Hall–Kier alpha value is -3.48. The van der Waals surface area contributed by atoms with Crippen molar-refractivity contribution in [1.82, 2.24) is 15.3 Å². The fraction of sp³-hybridized carbons (Fsp3) is 0.261. The van der Waals surface area contributed by atoms with Crippen LogP contribution < -0.4 is 10.1 Å². The van der Waals surface area contributed by atoms with Crippen LogP contribution >= 0.6 is 0 Å². The van der Waals surface area contributed by atoms with Gasteiger partial charge in [0, 0.05) is 35.5 Å². The molecule has 0 aliphatic heterocycles. The number of pyridine rings is 2. The van der Waals surface area contributed by atoms with Gasteiger partial charge in [-0.05, 0) is 57.2 Å². The van der Waals surface area contributed by atoms with E-state index < -0.39 is 11.7 Å². The van der Waals surface area contributed by atoms with Crippen molar-refractivity contribution in [1.29, 1.82) is 0 Å². The van der Waals surface area contributed by atoms with Gasteiger partial charge in [0.15, 0.2) is 0 Å². The average Bonchev–Trinajstić information content (AvgIpc) is 2.72. The van der Waals surface area contributed by atoms with Crippen molar-refractivity contribution in [2.75, 3.05) is 13.2 Å². The van der Waals surface area contributed by atoms with Crippen LogP contribution in [0.1, 0.15) is 20.8 Å². The Morgan fingerprint density at radius 3 is 2.60 bits per heavy atom. The van der Waals surface area contributed by atoms with Crippen LogP contribution in [0.25, 0.3) is 22.2 Å². The minimum atomic E-state index is -0.615. The van der Waals surface area contributed by atoms with Crippen LogP contribution in [0, 0.1) is 0 Å². The summed E-state index contributed by atoms with van der Waals surface area (Å²) < 4.78 is 24.0. The van der Waals surface area contributed by atoms with Gasteiger partial charge in [-0.3, -0.25) is 4.98 Å². The predicted octanol–water partition coefficient (Wildman–Crippen LogP) is 5.05. The van der Waals surface area contributed by atoms with Gasteiger partial charge in [0.05, 0.1) is 17.5 Å². The Kier molecular flexibility index (Phi) is 6.61. The molecule has 3 aromatic rings. The second-order valence-electron chi connectivity index (χ2n) is 7.70. The second kappa shape index (κ2) is 9.35. The van der Waals surface area contributed by atoms with E-state index in [1.54, 1.807) is 39.2 Å². The average molecular weight is 409 g/mol. The molecule has 0 bridgehead atoms. The molecule has 2 heterocycles. The normalized spacial score (nSPS) is 11.9. The molecule has 0 fully saturated rings. The van der Waals surface area contributed by atoms with Crippen LogP contribution in [0.15, 0.2) is 66.8 Å². The molecule has 156 valence electrons. The zero-order valence-corrected chi connectivity index (χ0v) is 17.2. The molecule has 0 saturated carbocycles. The van der Waals surface area contributed by atoms with Crippen molar-refractivity contribution in [2.24, 2.45) is 0 Å². The van der Waals surface area contributed by atoms with Gasteiger partial charge in [-0.2, -0.15) is 0 Å². The maximum atomic E-state index is 13.2. The van der Waals surface area contributed by atoms with Gasteiger partial charge < -0.3 is 14.8 Å². The number of carbonyl (C=O) groups excluding carboxylic acids is 1. The molecule has 2 aromatic heterocycles. The fourth-order valence-corrected chi connectivity index (χ4v) is 2.67. The SMILES string of the molecule is CC(C)(C)OC(=O)NC/C(=C/F)COc1ccc2nc(-c3ccncc3)ccc2c1. The Bertz CT molecular complexity index is 1050. The summed E-state index contributed by atoms with van der Waals surface area (Å²) >= 11 is 0. The minimum Gasteiger partial charge on any atom is -0.489 e. The fourth-order valence-electron chi connectivity index (χ4n) is 2.67. The van der Waals surface area contributed by atoms with E-state index in [9.17, 15) is 9.18 Å². The lowest BCUT2D eigenvalue weighted by Gasteiger charge is -2.20. The van der Waals surface area contributed by atoms with Crippen LogP contribution in [0.3, 0.4) is 0 Å². The number of halogens is 1. The minimum absolute atomic E-state index is 0.000329. The number of fused-ring (bicyclic) bond motifs is 1. The maximum absolute atomic E-state index is 13.2. The molecule has 7 heteroatoms. The molecule has 1 amide bonds. The molecule has 0 unspecified atom stereocenters. The lowest BCUT2D eigenvalue weighted by atomic mass is 10.1. The Labute approximate surface area is 174 Å². The molecule has 3 rings (SSSR count). The van der Waals surface area contributed by atoms with Crippen LogP contribution in [0.2, 0.25) is 0 Å². The number of hydrogen-bond donors (Lipinski definition) is 1. The lowest BCUT2D eigenvalue weighted by Crippen LogP contribution is -2.34. The van der Waals surface area contributed by atoms with E-state index in [-0.39, 0.29) is 18.7 Å². The molecule has 0 spiro atoms. The van der Waals surface area contributed by atoms with Gasteiger partial charge in [-0.25, -0.2) is 14.2 Å². The Morgan fingerprint density at radius 1 is 1.13 bits per heavy atom. The second-order valence-corrected chi connectivity index (χ2v) is 7.70. The van der Waals surface area contributed by atoms with Gasteiger partial charge in [0.2, 0.25) is 0 Å². The van der Waals surface area contributed by atoms with Gasteiger partial charge in [-0.1, -0.05) is 6.07 Å². The van der Waals surface area contributed by atoms with E-state index in [0.717, 1.165) is 22.2 Å². The third kappa shape index (κ3) is 6.01. The van der Waals surface area contributed by atoms with Crippen LogP contribution in [-0.4, -0.2) is 34.8 Å². The highest BCUT2D eigenvalue weighted by Gasteiger charge is 2.16. The summed E-state index contributed by atoms with van der Waals surface area (Å²) in [6.45, 7) is 5.28. The molecule has 6 nitrogen and oxygen atoms in total. The number of amides is 1. The number of aromatic nitrogens is 2. The monoisotopic (exact) mass is 409 g/mol. The number of carbonyl (C=O) groups is 1. The van der Waals surface area contributed by atoms with Gasteiger partial charge >= 0.3 is 6.09 Å². The highest BCUT2D eigenvalue weighted by atomic mass is 19.1. The van der Waals surface area contributed by atoms with Gasteiger partial charge in [0.25, 0.3) is 0 Å². The molecule has 0 saturated heterocycles. The smallest absolute Gasteiger partial charge is 0.407 e. The van der Waals surface area contributed by atoms with Crippen molar-refractivity contribution in [3.8, 4) is 17.0 Å². The first-order valence-corrected chi connectivity index (χ1v) is 9.53. The molecular formula is C23H24FN3O3. The van der Waals surface area contributed by atoms with E-state index in [2.05, 4.69) is 15.3 Å². The zero-order chi connectivity index (χ0) is 21.6. The molecule has 0 atom stereocenters. The number of hydrogen-bond acceptors (Lipinski definition) is 5. The topological polar surface area (TPSA) is 73.3 Å². The van der Waals surface area contributed by atoms with Crippen molar-refractivity contribution in [3.05, 3.63) is 66.8 Å². The first-order chi connectivity index (χ1) is 14.3. The predicted molar refractivity (Wildman–Crippen MR) is 114 cm³/mol. The van der Waals surface area contributed by atoms with Crippen LogP contribution in [0.4, 0.5) is 9.18 Å². The molecule has 0 aliphatic carbocycles. The molecule has 1 N–H and O–H groups in total. The van der Waals surface area contributed by atoms with Crippen molar-refractivity contribution in [3.63, 3.8) is 0 Å². The van der Waals surface area contributed by atoms with Crippen LogP contribution in [-0.2, 0) is 4.74 Å². The zero-order valence-electron chi connectivity index (χ0n) is 17.2. The summed E-state index contributed by atoms with van der Waals surface area (Å²) in [4.78, 5) is 20.4. The summed E-state index contributed by atoms with van der Waals surface area (Å²) in [7, 11) is 0. The molecule has 1 aromatic carbocycles. The third-order valence-corrected chi connectivity index (χ3v) is 4.07. The quantitative estimate of drug-likeness (QED) is 0.616. The molecular weight excluding hydrogens is 385 g/mol. The number of nitrogens with zero attached hydrogens (tertiary/aromatic N) is 2. The number of ether oxygens (including phenoxy) is 2. The molecule has 30 heavy (non-hydrogen) atoms. The maximum Gasteiger partial charge on any atom is 0.407 e. The van der Waals surface area contributed by atoms with Gasteiger partial charge in [-0.15, -0.1) is 0 Å². The number of rotatable bonds is 6. The van der Waals surface area contributed by atoms with E-state index in [1.807, 2.05) is 36.4 Å². The van der Waals surface area contributed by atoms with E-state index in [4.69, 9.17) is 9.47 Å². The third-order valence-electron chi connectivity index (χ3n) is 4.07. The highest BCUT2D eigenvalue weighted by molar-refractivity contribution is 5.82. The van der Waals surface area contributed by atoms with E-state index in [0.29, 0.717) is 12.1 Å². The summed E-state index contributed by atoms with van der Waals surface area (Å²) in [5.74, 6) is 0.581. The van der Waals surface area contributed by atoms with Crippen molar-refractivity contribution in [2.45, 2.75) is 26.4 Å². The first kappa shape index (κ1) is 21.2.